The van der Waals surface area contributed by atoms with Gasteiger partial charge in [0.25, 0.3) is 0 Å². The average molecular weight is 348 g/mol. The largest absolute Gasteiger partial charge is 0.481 e. The van der Waals surface area contributed by atoms with Gasteiger partial charge in [-0.2, -0.15) is 0 Å². The molecule has 6 heteroatoms. The molecule has 1 aliphatic heterocycles. The van der Waals surface area contributed by atoms with Crippen molar-refractivity contribution >= 4 is 11.9 Å². The molecule has 4 bridgehead atoms. The number of aliphatic hydroxyl groups excluding tert-OH is 1. The van der Waals surface area contributed by atoms with E-state index in [9.17, 15) is 24.9 Å². The van der Waals surface area contributed by atoms with Crippen LogP contribution in [0.2, 0.25) is 0 Å². The predicted molar refractivity (Wildman–Crippen MR) is 85.3 cm³/mol. The van der Waals surface area contributed by atoms with Crippen LogP contribution in [-0.4, -0.2) is 44.6 Å². The highest BCUT2D eigenvalue weighted by Crippen LogP contribution is 2.78. The molecule has 1 saturated heterocycles. The Labute approximate surface area is 145 Å². The molecule has 1 spiro atoms. The number of fused-ring (bicyclic) bond motifs is 1. The second-order valence-electron chi connectivity index (χ2n) is 9.29. The molecule has 0 aromatic carbocycles. The second kappa shape index (κ2) is 4.12. The molecule has 136 valence electrons. The number of carboxylic acid groups (broad SMARTS) is 1. The van der Waals surface area contributed by atoms with Crippen LogP contribution in [0.4, 0.5) is 0 Å². The van der Waals surface area contributed by atoms with Gasteiger partial charge in [0.2, 0.25) is 0 Å². The summed E-state index contributed by atoms with van der Waals surface area (Å²) in [4.78, 5) is 25.1. The third-order valence-corrected chi connectivity index (χ3v) is 8.57. The number of carbonyl (C=O) groups is 2. The number of carbonyl (C=O) groups excluding carboxylic acids is 1. The fraction of sp³-hybridized carbons (Fsp3) is 0.789. The first-order chi connectivity index (χ1) is 11.6. The summed E-state index contributed by atoms with van der Waals surface area (Å²) in [5, 5.41) is 31.7. The van der Waals surface area contributed by atoms with E-state index in [0.29, 0.717) is 44.1 Å². The Bertz CT molecular complexity index is 731. The number of ether oxygens (including phenoxy) is 1. The van der Waals surface area contributed by atoms with Gasteiger partial charge in [-0.1, -0.05) is 6.58 Å². The Morgan fingerprint density at radius 1 is 1.32 bits per heavy atom. The standard InChI is InChI=1S/C19H24O6/c1-9-7-17-8-18(9,24)5-3-10(17)19-6-4-11(20)16(2,15(23)25-19)13(19)12(17)14(21)22/h10-13,20,24H,1,3-8H2,2H3,(H,21,22)/t10-,11+,12-,13-,16?,17+,18-,19-/m0/s1. The molecule has 0 aromatic rings. The zero-order valence-electron chi connectivity index (χ0n) is 14.3. The van der Waals surface area contributed by atoms with E-state index in [1.54, 1.807) is 6.92 Å². The SMILES string of the molecule is C=C1C[C@@]23C[C@@]1(O)CC[C@@H]2[C@]12CC[C@@H](O)C(C)(C(=O)O1)[C@@H]2[C@H]3C(=O)O. The lowest BCUT2D eigenvalue weighted by atomic mass is 9.59. The molecule has 4 saturated carbocycles. The van der Waals surface area contributed by atoms with Crippen LogP contribution in [0.1, 0.15) is 45.4 Å². The normalized spacial score (nSPS) is 58.7. The number of carboxylic acids is 1. The van der Waals surface area contributed by atoms with E-state index in [-0.39, 0.29) is 5.92 Å². The highest BCUT2D eigenvalue weighted by atomic mass is 16.6. The number of rotatable bonds is 1. The lowest BCUT2D eigenvalue weighted by molar-refractivity contribution is -0.164. The van der Waals surface area contributed by atoms with Crippen molar-refractivity contribution in [2.24, 2.45) is 28.6 Å². The first kappa shape index (κ1) is 15.8. The van der Waals surface area contributed by atoms with Gasteiger partial charge in [0.05, 0.1) is 23.0 Å². The van der Waals surface area contributed by atoms with Gasteiger partial charge in [-0.15, -0.1) is 0 Å². The van der Waals surface area contributed by atoms with Gasteiger partial charge in [-0.05, 0) is 56.4 Å². The minimum absolute atomic E-state index is 0.0936. The highest BCUT2D eigenvalue weighted by molar-refractivity contribution is 5.85. The molecule has 5 aliphatic rings. The van der Waals surface area contributed by atoms with Crippen LogP contribution in [0.5, 0.6) is 0 Å². The summed E-state index contributed by atoms with van der Waals surface area (Å²) in [6.45, 7) is 5.71. The molecule has 5 rings (SSSR count). The molecule has 0 aromatic heterocycles. The van der Waals surface area contributed by atoms with Gasteiger partial charge in [0, 0.05) is 11.8 Å². The Kier molecular flexibility index (Phi) is 2.61. The van der Waals surface area contributed by atoms with E-state index in [0.717, 1.165) is 0 Å². The molecule has 0 amide bonds. The topological polar surface area (TPSA) is 104 Å². The predicted octanol–water partition coefficient (Wildman–Crippen LogP) is 1.25. The number of hydrogen-bond acceptors (Lipinski definition) is 5. The monoisotopic (exact) mass is 348 g/mol. The van der Waals surface area contributed by atoms with E-state index >= 15 is 0 Å². The number of aliphatic carboxylic acids is 1. The number of esters is 1. The minimum atomic E-state index is -1.19. The highest BCUT2D eigenvalue weighted by Gasteiger charge is 2.84. The molecule has 6 nitrogen and oxygen atoms in total. The maximum absolute atomic E-state index is 12.7. The second-order valence-corrected chi connectivity index (χ2v) is 9.29. The molecule has 8 atom stereocenters. The van der Waals surface area contributed by atoms with E-state index in [4.69, 9.17) is 4.74 Å². The van der Waals surface area contributed by atoms with Crippen molar-refractivity contribution in [3.8, 4) is 0 Å². The molecular weight excluding hydrogens is 324 g/mol. The van der Waals surface area contributed by atoms with Gasteiger partial charge in [0.15, 0.2) is 0 Å². The third kappa shape index (κ3) is 1.41. The minimum Gasteiger partial charge on any atom is -0.481 e. The summed E-state index contributed by atoms with van der Waals surface area (Å²) >= 11 is 0. The molecule has 3 N–H and O–H groups in total. The fourth-order valence-corrected chi connectivity index (χ4v) is 7.65. The van der Waals surface area contributed by atoms with Gasteiger partial charge in [-0.25, -0.2) is 0 Å². The van der Waals surface area contributed by atoms with Crippen LogP contribution >= 0.6 is 0 Å². The maximum atomic E-state index is 12.7. The van der Waals surface area contributed by atoms with Gasteiger partial charge in [0.1, 0.15) is 5.60 Å². The zero-order valence-corrected chi connectivity index (χ0v) is 14.3. The summed E-state index contributed by atoms with van der Waals surface area (Å²) in [5.74, 6) is -2.86. The Balaban J connectivity index is 1.76. The van der Waals surface area contributed by atoms with Crippen molar-refractivity contribution in [1.29, 1.82) is 0 Å². The summed E-state index contributed by atoms with van der Waals surface area (Å²) in [7, 11) is 0. The lowest BCUT2D eigenvalue weighted by Gasteiger charge is -2.45. The summed E-state index contributed by atoms with van der Waals surface area (Å²) in [5.41, 5.74) is -2.93. The van der Waals surface area contributed by atoms with E-state index in [2.05, 4.69) is 6.58 Å². The first-order valence-corrected chi connectivity index (χ1v) is 9.17. The molecule has 5 fully saturated rings. The van der Waals surface area contributed by atoms with Crippen LogP contribution in [-0.2, 0) is 14.3 Å². The van der Waals surface area contributed by atoms with E-state index in [1.165, 1.54) is 0 Å². The van der Waals surface area contributed by atoms with Gasteiger partial charge < -0.3 is 20.1 Å². The average Bonchev–Trinajstić information content (AvgIpc) is 2.95. The van der Waals surface area contributed by atoms with Crippen LogP contribution in [0.3, 0.4) is 0 Å². The van der Waals surface area contributed by atoms with Gasteiger partial charge >= 0.3 is 11.9 Å². The maximum Gasteiger partial charge on any atom is 0.315 e. The molecule has 25 heavy (non-hydrogen) atoms. The van der Waals surface area contributed by atoms with Crippen molar-refractivity contribution in [2.45, 2.75) is 62.8 Å². The number of hydrogen-bond donors (Lipinski definition) is 3. The van der Waals surface area contributed by atoms with Crippen molar-refractivity contribution in [3.63, 3.8) is 0 Å². The van der Waals surface area contributed by atoms with Crippen LogP contribution < -0.4 is 0 Å². The fourth-order valence-electron chi connectivity index (χ4n) is 7.65. The molecular formula is C19H24O6. The van der Waals surface area contributed by atoms with E-state index in [1.807, 2.05) is 0 Å². The van der Waals surface area contributed by atoms with Crippen molar-refractivity contribution < 1.29 is 29.6 Å². The van der Waals surface area contributed by atoms with Crippen molar-refractivity contribution in [3.05, 3.63) is 12.2 Å². The molecule has 1 unspecified atom stereocenters. The summed E-state index contributed by atoms with van der Waals surface area (Å²) < 4.78 is 5.96. The molecule has 0 radical (unpaired) electrons. The van der Waals surface area contributed by atoms with Gasteiger partial charge in [-0.3, -0.25) is 9.59 Å². The quantitative estimate of drug-likeness (QED) is 0.487. The van der Waals surface area contributed by atoms with Crippen LogP contribution in [0, 0.1) is 28.6 Å². The van der Waals surface area contributed by atoms with E-state index < -0.39 is 51.9 Å². The molecule has 4 aliphatic carbocycles. The van der Waals surface area contributed by atoms with Crippen molar-refractivity contribution in [2.75, 3.05) is 0 Å². The third-order valence-electron chi connectivity index (χ3n) is 8.57. The first-order valence-electron chi connectivity index (χ1n) is 9.17. The number of aliphatic hydroxyl groups is 2. The van der Waals surface area contributed by atoms with Crippen LogP contribution in [0.15, 0.2) is 12.2 Å². The Morgan fingerprint density at radius 3 is 2.72 bits per heavy atom. The Hall–Kier alpha value is -1.40. The van der Waals surface area contributed by atoms with Crippen molar-refractivity contribution in [1.82, 2.24) is 0 Å². The zero-order chi connectivity index (χ0) is 18.0. The summed E-state index contributed by atoms with van der Waals surface area (Å²) in [6, 6.07) is 0. The van der Waals surface area contributed by atoms with Crippen LogP contribution in [0.25, 0.3) is 0 Å². The Morgan fingerprint density at radius 2 is 2.04 bits per heavy atom. The lowest BCUT2D eigenvalue weighted by Crippen LogP contribution is -2.53. The smallest absolute Gasteiger partial charge is 0.315 e. The summed E-state index contributed by atoms with van der Waals surface area (Å²) in [6.07, 6.45) is 2.08. The molecule has 1 heterocycles.